The summed E-state index contributed by atoms with van der Waals surface area (Å²) in [5.41, 5.74) is 0. The van der Waals surface area contributed by atoms with Crippen LogP contribution < -0.4 is 5.32 Å². The Balaban J connectivity index is 1.55. The van der Waals surface area contributed by atoms with Gasteiger partial charge in [-0.2, -0.15) is 0 Å². The van der Waals surface area contributed by atoms with E-state index < -0.39 is 5.97 Å². The van der Waals surface area contributed by atoms with Crippen molar-refractivity contribution in [3.05, 3.63) is 0 Å². The summed E-state index contributed by atoms with van der Waals surface area (Å²) in [6.45, 7) is 3.48. The molecule has 5 unspecified atom stereocenters. The van der Waals surface area contributed by atoms with Gasteiger partial charge in [-0.1, -0.05) is 0 Å². The van der Waals surface area contributed by atoms with Crippen LogP contribution in [0.4, 0.5) is 0 Å². The van der Waals surface area contributed by atoms with Gasteiger partial charge in [-0.05, 0) is 38.1 Å². The first-order valence-corrected chi connectivity index (χ1v) is 7.41. The average Bonchev–Trinajstić information content (AvgIpc) is 2.96. The molecule has 1 saturated heterocycles. The smallest absolute Gasteiger partial charge is 0.308 e. The number of rotatable bonds is 4. The highest BCUT2D eigenvalue weighted by molar-refractivity contribution is 5.72. The number of carbonyl (C=O) groups is 1. The van der Waals surface area contributed by atoms with Crippen molar-refractivity contribution in [3.63, 3.8) is 0 Å². The van der Waals surface area contributed by atoms with E-state index in [9.17, 15) is 9.90 Å². The first-order chi connectivity index (χ1) is 9.15. The molecule has 0 radical (unpaired) electrons. The van der Waals surface area contributed by atoms with Gasteiger partial charge in [-0.3, -0.25) is 4.79 Å². The summed E-state index contributed by atoms with van der Waals surface area (Å²) < 4.78 is 5.73. The summed E-state index contributed by atoms with van der Waals surface area (Å²) in [7, 11) is 2.10. The molecule has 1 aliphatic heterocycles. The van der Waals surface area contributed by atoms with Gasteiger partial charge in [0.25, 0.3) is 0 Å². The van der Waals surface area contributed by atoms with Crippen molar-refractivity contribution in [3.8, 4) is 0 Å². The van der Waals surface area contributed by atoms with Crippen molar-refractivity contribution in [2.24, 2.45) is 17.8 Å². The normalized spacial score (nSPS) is 42.7. The van der Waals surface area contributed by atoms with Crippen molar-refractivity contribution < 1.29 is 14.6 Å². The maximum atomic E-state index is 11.4. The van der Waals surface area contributed by atoms with Crippen LogP contribution in [0.15, 0.2) is 0 Å². The zero-order valence-electron chi connectivity index (χ0n) is 11.5. The Bertz CT molecular complexity index is 350. The maximum Gasteiger partial charge on any atom is 0.308 e. The van der Waals surface area contributed by atoms with Gasteiger partial charge < -0.3 is 20.1 Å². The minimum atomic E-state index is -0.619. The lowest BCUT2D eigenvalue weighted by molar-refractivity contribution is -0.144. The number of nitrogens with zero attached hydrogens (tertiary/aromatic N) is 1. The van der Waals surface area contributed by atoms with Gasteiger partial charge in [0.05, 0.1) is 18.6 Å². The second-order valence-corrected chi connectivity index (χ2v) is 6.39. The van der Waals surface area contributed by atoms with E-state index in [1.807, 2.05) is 0 Å². The monoisotopic (exact) mass is 268 g/mol. The third-order valence-electron chi connectivity index (χ3n) is 5.12. The van der Waals surface area contributed by atoms with Crippen LogP contribution in [0.5, 0.6) is 0 Å². The van der Waals surface area contributed by atoms with Crippen molar-refractivity contribution in [2.75, 3.05) is 33.3 Å². The number of aliphatic carboxylic acids is 1. The molecule has 5 atom stereocenters. The van der Waals surface area contributed by atoms with E-state index in [0.717, 1.165) is 39.1 Å². The second-order valence-electron chi connectivity index (χ2n) is 6.39. The van der Waals surface area contributed by atoms with Crippen LogP contribution in [0, 0.1) is 17.8 Å². The Labute approximate surface area is 114 Å². The van der Waals surface area contributed by atoms with E-state index >= 15 is 0 Å². The lowest BCUT2D eigenvalue weighted by atomic mass is 9.84. The summed E-state index contributed by atoms with van der Waals surface area (Å²) in [6.07, 6.45) is 3.59. The van der Waals surface area contributed by atoms with Crippen LogP contribution in [-0.2, 0) is 9.53 Å². The van der Waals surface area contributed by atoms with E-state index in [0.29, 0.717) is 11.8 Å². The Morgan fingerprint density at radius 2 is 2.21 bits per heavy atom. The summed E-state index contributed by atoms with van der Waals surface area (Å²) in [5.74, 6) is 0.161. The topological polar surface area (TPSA) is 61.8 Å². The van der Waals surface area contributed by atoms with Gasteiger partial charge in [0.1, 0.15) is 0 Å². The van der Waals surface area contributed by atoms with Gasteiger partial charge in [-0.25, -0.2) is 0 Å². The fourth-order valence-corrected chi connectivity index (χ4v) is 4.20. The van der Waals surface area contributed by atoms with E-state index in [2.05, 4.69) is 17.3 Å². The zero-order chi connectivity index (χ0) is 13.4. The molecule has 0 spiro atoms. The maximum absolute atomic E-state index is 11.4. The van der Waals surface area contributed by atoms with Crippen LogP contribution in [0.3, 0.4) is 0 Å². The predicted molar refractivity (Wildman–Crippen MR) is 71.0 cm³/mol. The Hall–Kier alpha value is -0.650. The minimum absolute atomic E-state index is 0.159. The molecule has 3 rings (SSSR count). The fourth-order valence-electron chi connectivity index (χ4n) is 4.20. The molecule has 1 heterocycles. The fraction of sp³-hybridized carbons (Fsp3) is 0.929. The highest BCUT2D eigenvalue weighted by atomic mass is 16.5. The molecule has 2 bridgehead atoms. The molecule has 0 amide bonds. The Morgan fingerprint density at radius 3 is 2.95 bits per heavy atom. The van der Waals surface area contributed by atoms with Gasteiger partial charge in [0, 0.05) is 25.7 Å². The predicted octanol–water partition coefficient (Wildman–Crippen LogP) is 0.406. The molecule has 0 aromatic carbocycles. The highest BCUT2D eigenvalue weighted by Gasteiger charge is 2.50. The summed E-state index contributed by atoms with van der Waals surface area (Å²) >= 11 is 0. The van der Waals surface area contributed by atoms with Gasteiger partial charge >= 0.3 is 5.97 Å². The van der Waals surface area contributed by atoms with E-state index in [1.165, 1.54) is 6.42 Å². The molecule has 2 aliphatic carbocycles. The molecule has 108 valence electrons. The minimum Gasteiger partial charge on any atom is -0.481 e. The number of nitrogens with one attached hydrogen (secondary N) is 1. The van der Waals surface area contributed by atoms with Crippen molar-refractivity contribution in [2.45, 2.75) is 31.4 Å². The van der Waals surface area contributed by atoms with Crippen LogP contribution in [0.2, 0.25) is 0 Å². The third kappa shape index (κ3) is 2.64. The van der Waals surface area contributed by atoms with Gasteiger partial charge in [0.15, 0.2) is 0 Å². The van der Waals surface area contributed by atoms with Crippen LogP contribution in [0.1, 0.15) is 19.3 Å². The lowest BCUT2D eigenvalue weighted by Gasteiger charge is -2.34. The largest absolute Gasteiger partial charge is 0.481 e. The molecule has 3 fully saturated rings. The summed E-state index contributed by atoms with van der Waals surface area (Å²) in [5, 5.41) is 12.9. The third-order valence-corrected chi connectivity index (χ3v) is 5.12. The molecule has 2 N–H and O–H groups in total. The first-order valence-electron chi connectivity index (χ1n) is 7.41. The number of fused-ring (bicyclic) bond motifs is 2. The van der Waals surface area contributed by atoms with E-state index in [4.69, 9.17) is 4.74 Å². The molecule has 3 aliphatic rings. The average molecular weight is 268 g/mol. The molecule has 5 heteroatoms. The van der Waals surface area contributed by atoms with Gasteiger partial charge in [-0.15, -0.1) is 0 Å². The van der Waals surface area contributed by atoms with E-state index in [1.54, 1.807) is 0 Å². The molecule has 0 aromatic rings. The highest BCUT2D eigenvalue weighted by Crippen LogP contribution is 2.48. The Kier molecular flexibility index (Phi) is 3.78. The van der Waals surface area contributed by atoms with Crippen molar-refractivity contribution >= 4 is 5.97 Å². The van der Waals surface area contributed by atoms with Crippen molar-refractivity contribution in [1.82, 2.24) is 10.2 Å². The van der Waals surface area contributed by atoms with Gasteiger partial charge in [0.2, 0.25) is 0 Å². The summed E-state index contributed by atoms with van der Waals surface area (Å²) in [4.78, 5) is 13.7. The van der Waals surface area contributed by atoms with E-state index in [-0.39, 0.29) is 18.1 Å². The zero-order valence-corrected chi connectivity index (χ0v) is 11.5. The number of hydrogen-bond acceptors (Lipinski definition) is 4. The number of carboxylic acids is 1. The molecule has 19 heavy (non-hydrogen) atoms. The Morgan fingerprint density at radius 1 is 1.42 bits per heavy atom. The van der Waals surface area contributed by atoms with Crippen LogP contribution >= 0.6 is 0 Å². The summed E-state index contributed by atoms with van der Waals surface area (Å²) in [6, 6.07) is 0.159. The lowest BCUT2D eigenvalue weighted by Crippen LogP contribution is -2.50. The number of hydrogen-bond donors (Lipinski definition) is 2. The number of morpholine rings is 1. The van der Waals surface area contributed by atoms with Crippen LogP contribution in [0.25, 0.3) is 0 Å². The standard InChI is InChI=1S/C14H24N2O3/c1-16-4-5-19-11(8-16)7-15-13-10-3-2-9(6-10)12(13)14(17)18/h9-13,15H,2-8H2,1H3,(H,17,18). The second kappa shape index (κ2) is 5.38. The number of carboxylic acid groups (broad SMARTS) is 1. The quantitative estimate of drug-likeness (QED) is 0.773. The van der Waals surface area contributed by atoms with Crippen molar-refractivity contribution in [1.29, 1.82) is 0 Å². The molecule has 0 aromatic heterocycles. The molecule has 2 saturated carbocycles. The molecule has 5 nitrogen and oxygen atoms in total. The molecular formula is C14H24N2O3. The number of ether oxygens (including phenoxy) is 1. The number of likely N-dealkylation sites (N-methyl/N-ethyl adjacent to an activating group) is 1. The SMILES string of the molecule is CN1CCOC(CNC2C3CCC(C3)C2C(=O)O)C1. The molecular weight excluding hydrogens is 244 g/mol. The first kappa shape index (κ1) is 13.3. The van der Waals surface area contributed by atoms with Crippen LogP contribution in [-0.4, -0.2) is 61.4 Å².